The van der Waals surface area contributed by atoms with Gasteiger partial charge in [0.2, 0.25) is 11.7 Å². The van der Waals surface area contributed by atoms with E-state index in [0.29, 0.717) is 22.6 Å². The molecule has 8 heteroatoms. The number of thiophene rings is 1. The van der Waals surface area contributed by atoms with Crippen LogP contribution in [0.15, 0.2) is 25.6 Å². The minimum atomic E-state index is 0.587. The summed E-state index contributed by atoms with van der Waals surface area (Å²) in [6.45, 7) is 1.94. The molecule has 0 unspecified atom stereocenters. The Labute approximate surface area is 121 Å². The lowest BCUT2D eigenvalue weighted by atomic mass is 10.3. The van der Waals surface area contributed by atoms with Gasteiger partial charge in [-0.25, -0.2) is 4.98 Å². The smallest absolute Gasteiger partial charge is 0.237 e. The highest BCUT2D eigenvalue weighted by Gasteiger charge is 2.11. The lowest BCUT2D eigenvalue weighted by Gasteiger charge is -1.93. The fourth-order valence-electron chi connectivity index (χ4n) is 1.49. The molecule has 3 rings (SSSR count). The second-order valence-electron chi connectivity index (χ2n) is 3.74. The van der Waals surface area contributed by atoms with Gasteiger partial charge >= 0.3 is 0 Å². The predicted molar refractivity (Wildman–Crippen MR) is 78.4 cm³/mol. The number of nitrogen functional groups attached to an aromatic ring is 1. The first-order valence-electron chi connectivity index (χ1n) is 5.43. The van der Waals surface area contributed by atoms with E-state index in [1.165, 1.54) is 11.3 Å². The topological polar surface area (TPSA) is 77.8 Å². The molecule has 0 aliphatic carbocycles. The molecular formula is C11H10N4OS3. The number of thioether (sulfide) groups is 1. The van der Waals surface area contributed by atoms with E-state index in [4.69, 9.17) is 10.3 Å². The van der Waals surface area contributed by atoms with Crippen LogP contribution in [0.4, 0.5) is 5.13 Å². The Balaban J connectivity index is 1.69. The van der Waals surface area contributed by atoms with Gasteiger partial charge in [-0.05, 0) is 18.4 Å². The van der Waals surface area contributed by atoms with E-state index < -0.39 is 0 Å². The Morgan fingerprint density at radius 1 is 1.42 bits per heavy atom. The van der Waals surface area contributed by atoms with E-state index in [2.05, 4.69) is 15.1 Å². The van der Waals surface area contributed by atoms with Gasteiger partial charge in [-0.15, -0.1) is 11.8 Å². The summed E-state index contributed by atoms with van der Waals surface area (Å²) in [4.78, 5) is 8.54. The fourth-order valence-corrected chi connectivity index (χ4v) is 3.98. The zero-order chi connectivity index (χ0) is 13.2. The van der Waals surface area contributed by atoms with Crippen LogP contribution in [0.2, 0.25) is 0 Å². The van der Waals surface area contributed by atoms with Crippen molar-refractivity contribution in [2.75, 3.05) is 5.73 Å². The lowest BCUT2D eigenvalue weighted by Crippen LogP contribution is -1.82. The molecule has 0 aromatic carbocycles. The van der Waals surface area contributed by atoms with Crippen LogP contribution < -0.4 is 5.73 Å². The van der Waals surface area contributed by atoms with Crippen LogP contribution >= 0.6 is 34.4 Å². The van der Waals surface area contributed by atoms with Crippen LogP contribution in [-0.4, -0.2) is 15.1 Å². The van der Waals surface area contributed by atoms with Crippen molar-refractivity contribution in [3.8, 4) is 11.4 Å². The monoisotopic (exact) mass is 310 g/mol. The number of hydrogen-bond donors (Lipinski definition) is 1. The highest BCUT2D eigenvalue weighted by Crippen LogP contribution is 2.32. The first kappa shape index (κ1) is 12.6. The van der Waals surface area contributed by atoms with Crippen molar-refractivity contribution in [3.63, 3.8) is 0 Å². The van der Waals surface area contributed by atoms with E-state index in [9.17, 15) is 0 Å². The van der Waals surface area contributed by atoms with Crippen molar-refractivity contribution in [2.24, 2.45) is 0 Å². The first-order valence-corrected chi connectivity index (χ1v) is 8.18. The molecule has 19 heavy (non-hydrogen) atoms. The maximum Gasteiger partial charge on any atom is 0.237 e. The number of nitrogens with zero attached hydrogens (tertiary/aromatic N) is 3. The number of nitrogens with two attached hydrogens (primary N) is 1. The molecule has 5 nitrogen and oxygen atoms in total. The zero-order valence-corrected chi connectivity index (χ0v) is 12.4. The van der Waals surface area contributed by atoms with Gasteiger partial charge in [-0.2, -0.15) is 16.3 Å². The van der Waals surface area contributed by atoms with E-state index in [1.54, 1.807) is 23.1 Å². The number of aryl methyl sites for hydroxylation is 1. The summed E-state index contributed by atoms with van der Waals surface area (Å²) in [5.41, 5.74) is 7.60. The summed E-state index contributed by atoms with van der Waals surface area (Å²) < 4.78 is 6.32. The third-order valence-electron chi connectivity index (χ3n) is 2.34. The average Bonchev–Trinajstić information content (AvgIpc) is 3.07. The normalized spacial score (nSPS) is 11.0. The van der Waals surface area contributed by atoms with Crippen LogP contribution in [0.5, 0.6) is 0 Å². The number of rotatable bonds is 4. The van der Waals surface area contributed by atoms with E-state index in [0.717, 1.165) is 15.5 Å². The molecule has 3 heterocycles. The molecule has 0 amide bonds. The van der Waals surface area contributed by atoms with Crippen LogP contribution in [-0.2, 0) is 5.75 Å². The van der Waals surface area contributed by atoms with Gasteiger partial charge < -0.3 is 10.3 Å². The highest BCUT2D eigenvalue weighted by molar-refractivity contribution is 8.00. The van der Waals surface area contributed by atoms with E-state index in [-0.39, 0.29) is 0 Å². The molecule has 0 atom stereocenters. The molecule has 0 aliphatic rings. The van der Waals surface area contributed by atoms with Crippen molar-refractivity contribution < 1.29 is 4.52 Å². The van der Waals surface area contributed by atoms with Crippen molar-refractivity contribution >= 4 is 39.6 Å². The Morgan fingerprint density at radius 2 is 2.32 bits per heavy atom. The summed E-state index contributed by atoms with van der Waals surface area (Å²) in [6.07, 6.45) is 0. The van der Waals surface area contributed by atoms with Crippen molar-refractivity contribution in [3.05, 3.63) is 28.4 Å². The zero-order valence-electron chi connectivity index (χ0n) is 9.99. The number of aromatic nitrogens is 3. The van der Waals surface area contributed by atoms with Crippen LogP contribution in [0.1, 0.15) is 11.6 Å². The molecule has 0 aliphatic heterocycles. The van der Waals surface area contributed by atoms with Gasteiger partial charge in [0.05, 0.1) is 15.7 Å². The second kappa shape index (κ2) is 5.32. The SMILES string of the molecule is Cc1nc(N)sc1SCc1nc(-c2ccsc2)no1. The van der Waals surface area contributed by atoms with Crippen LogP contribution in [0.3, 0.4) is 0 Å². The summed E-state index contributed by atoms with van der Waals surface area (Å²) in [6, 6.07) is 1.97. The molecule has 3 aromatic heterocycles. The molecule has 0 saturated heterocycles. The number of anilines is 1. The molecule has 0 saturated carbocycles. The maximum absolute atomic E-state index is 5.66. The average molecular weight is 310 g/mol. The van der Waals surface area contributed by atoms with E-state index in [1.807, 2.05) is 23.8 Å². The van der Waals surface area contributed by atoms with Gasteiger partial charge in [0.1, 0.15) is 0 Å². The predicted octanol–water partition coefficient (Wildman–Crippen LogP) is 3.44. The number of thiazole rings is 1. The quantitative estimate of drug-likeness (QED) is 0.744. The van der Waals surface area contributed by atoms with Crippen LogP contribution in [0.25, 0.3) is 11.4 Å². The van der Waals surface area contributed by atoms with Gasteiger partial charge in [-0.3, -0.25) is 0 Å². The minimum absolute atomic E-state index is 0.587. The molecule has 98 valence electrons. The largest absolute Gasteiger partial charge is 0.375 e. The maximum atomic E-state index is 5.66. The molecule has 0 spiro atoms. The molecule has 0 radical (unpaired) electrons. The standard InChI is InChI=1S/C11H10N4OS3/c1-6-10(19-11(12)13-6)18-5-8-14-9(15-16-8)7-2-3-17-4-7/h2-4H,5H2,1H3,(H2,12,13). The van der Waals surface area contributed by atoms with Gasteiger partial charge in [0.25, 0.3) is 0 Å². The van der Waals surface area contributed by atoms with Gasteiger partial charge in [0, 0.05) is 10.9 Å². The first-order chi connectivity index (χ1) is 9.22. The summed E-state index contributed by atoms with van der Waals surface area (Å²) in [7, 11) is 0. The Hall–Kier alpha value is -1.38. The Kier molecular flexibility index (Phi) is 3.54. The third kappa shape index (κ3) is 2.80. The van der Waals surface area contributed by atoms with Crippen molar-refractivity contribution in [2.45, 2.75) is 16.9 Å². The summed E-state index contributed by atoms with van der Waals surface area (Å²) >= 11 is 4.70. The van der Waals surface area contributed by atoms with Gasteiger partial charge in [0.15, 0.2) is 5.13 Å². The third-order valence-corrected chi connectivity index (χ3v) is 5.36. The van der Waals surface area contributed by atoms with Crippen LogP contribution in [0, 0.1) is 6.92 Å². The van der Waals surface area contributed by atoms with Crippen molar-refractivity contribution in [1.82, 2.24) is 15.1 Å². The Morgan fingerprint density at radius 3 is 3.00 bits per heavy atom. The molecule has 3 aromatic rings. The fraction of sp³-hybridized carbons (Fsp3) is 0.182. The summed E-state index contributed by atoms with van der Waals surface area (Å²) in [5.74, 6) is 1.87. The number of hydrogen-bond acceptors (Lipinski definition) is 8. The van der Waals surface area contributed by atoms with Gasteiger partial charge in [-0.1, -0.05) is 16.5 Å². The molecule has 0 fully saturated rings. The minimum Gasteiger partial charge on any atom is -0.375 e. The molecular weight excluding hydrogens is 300 g/mol. The lowest BCUT2D eigenvalue weighted by molar-refractivity contribution is 0.391. The highest BCUT2D eigenvalue weighted by atomic mass is 32.2. The van der Waals surface area contributed by atoms with Crippen molar-refractivity contribution in [1.29, 1.82) is 0 Å². The Bertz CT molecular complexity index is 674. The molecule has 0 bridgehead atoms. The molecule has 2 N–H and O–H groups in total. The summed E-state index contributed by atoms with van der Waals surface area (Å²) in [5, 5.41) is 8.54. The van der Waals surface area contributed by atoms with E-state index >= 15 is 0 Å². The second-order valence-corrected chi connectivity index (χ2v) is 6.79.